The minimum atomic E-state index is -1.09. The Balaban J connectivity index is 2.20. The number of benzene rings is 1. The lowest BCUT2D eigenvalue weighted by Crippen LogP contribution is -2.12. The molecular weight excluding hydrogens is 343 g/mol. The summed E-state index contributed by atoms with van der Waals surface area (Å²) in [6.45, 7) is 3.67. The Kier molecular flexibility index (Phi) is 6.16. The molecule has 2 rings (SSSR count). The van der Waals surface area contributed by atoms with Crippen molar-refractivity contribution in [3.05, 3.63) is 59.3 Å². The van der Waals surface area contributed by atoms with Gasteiger partial charge < -0.3 is 19.0 Å². The number of ketones is 1. The zero-order chi connectivity index (χ0) is 19.3. The summed E-state index contributed by atoms with van der Waals surface area (Å²) in [5.41, 5.74) is 0.704. The lowest BCUT2D eigenvalue weighted by Gasteiger charge is -2.13. The number of furan rings is 1. The van der Waals surface area contributed by atoms with Gasteiger partial charge in [0, 0.05) is 24.1 Å². The van der Waals surface area contributed by atoms with Crippen molar-refractivity contribution >= 4 is 17.5 Å². The molecule has 1 aromatic heterocycles. The van der Waals surface area contributed by atoms with Crippen LogP contribution in [0, 0.1) is 5.82 Å². The lowest BCUT2D eigenvalue weighted by atomic mass is 10.1. The number of ether oxygens (including phenoxy) is 2. The zero-order valence-electron chi connectivity index (χ0n) is 14.6. The first kappa shape index (κ1) is 19.2. The molecule has 0 aliphatic heterocycles. The molecule has 0 bridgehead atoms. The summed E-state index contributed by atoms with van der Waals surface area (Å²) in [5, 5.41) is 9.89. The molecule has 7 heteroatoms. The molecule has 26 heavy (non-hydrogen) atoms. The molecule has 1 heterocycles. The van der Waals surface area contributed by atoms with Crippen LogP contribution in [0.15, 0.2) is 40.8 Å². The van der Waals surface area contributed by atoms with Crippen LogP contribution in [0.1, 0.15) is 30.9 Å². The summed E-state index contributed by atoms with van der Waals surface area (Å²) in [7, 11) is 1.07. The Morgan fingerprint density at radius 1 is 1.27 bits per heavy atom. The number of aliphatic hydroxyl groups excluding tert-OH is 1. The topological polar surface area (TPSA) is 86.0 Å². The van der Waals surface area contributed by atoms with Gasteiger partial charge in [0.25, 0.3) is 5.78 Å². The van der Waals surface area contributed by atoms with Gasteiger partial charge in [-0.15, -0.1) is 0 Å². The van der Waals surface area contributed by atoms with Gasteiger partial charge in [0.05, 0.1) is 13.2 Å². The van der Waals surface area contributed by atoms with Crippen LogP contribution in [-0.2, 0) is 20.7 Å². The van der Waals surface area contributed by atoms with Crippen molar-refractivity contribution in [1.82, 2.24) is 0 Å². The summed E-state index contributed by atoms with van der Waals surface area (Å²) in [6, 6.07) is 7.26. The van der Waals surface area contributed by atoms with Crippen molar-refractivity contribution in [1.29, 1.82) is 0 Å². The number of rotatable bonds is 7. The van der Waals surface area contributed by atoms with Crippen LogP contribution in [0.2, 0.25) is 0 Å². The molecular formula is C19H19FO6. The average molecular weight is 362 g/mol. The lowest BCUT2D eigenvalue weighted by molar-refractivity contribution is -0.149. The first-order valence-electron chi connectivity index (χ1n) is 7.87. The minimum absolute atomic E-state index is 0.0192. The number of aliphatic hydroxyl groups is 1. The highest BCUT2D eigenvalue weighted by Crippen LogP contribution is 2.26. The van der Waals surface area contributed by atoms with E-state index in [0.29, 0.717) is 23.5 Å². The van der Waals surface area contributed by atoms with Crippen molar-refractivity contribution in [3.63, 3.8) is 0 Å². The molecule has 138 valence electrons. The van der Waals surface area contributed by atoms with Crippen molar-refractivity contribution in [2.45, 2.75) is 26.4 Å². The summed E-state index contributed by atoms with van der Waals surface area (Å²) >= 11 is 0. The second kappa shape index (κ2) is 8.33. The van der Waals surface area contributed by atoms with Gasteiger partial charge in [-0.1, -0.05) is 6.07 Å². The highest BCUT2D eigenvalue weighted by Gasteiger charge is 2.16. The Labute approximate surface area is 149 Å². The van der Waals surface area contributed by atoms with Crippen LogP contribution in [0.4, 0.5) is 4.39 Å². The molecule has 1 aromatic carbocycles. The smallest absolute Gasteiger partial charge is 0.378 e. The van der Waals surface area contributed by atoms with E-state index in [-0.39, 0.29) is 11.9 Å². The SMILES string of the molecule is COC(=O)C(=O)C=C(O)c1ccc(Cc2ccc(F)cc2OC(C)C)o1. The number of halogens is 1. The first-order chi connectivity index (χ1) is 12.3. The first-order valence-corrected chi connectivity index (χ1v) is 7.87. The standard InChI is InChI=1S/C19H19FO6/c1-11(2)25-18-9-13(20)5-4-12(18)8-14-6-7-17(26-14)15(21)10-16(22)19(23)24-3/h4-7,9-11,21H,8H2,1-3H3. The maximum absolute atomic E-state index is 13.4. The quantitative estimate of drug-likeness (QED) is 0.351. The number of methoxy groups -OCH3 is 1. The van der Waals surface area contributed by atoms with Crippen molar-refractivity contribution in [3.8, 4) is 5.75 Å². The van der Waals surface area contributed by atoms with E-state index in [2.05, 4.69) is 4.74 Å². The number of carbonyl (C=O) groups excluding carboxylic acids is 2. The molecule has 0 saturated heterocycles. The highest BCUT2D eigenvalue weighted by molar-refractivity contribution is 6.39. The molecule has 0 fully saturated rings. The van der Waals surface area contributed by atoms with Crippen LogP contribution >= 0.6 is 0 Å². The van der Waals surface area contributed by atoms with Crippen molar-refractivity contribution < 1.29 is 33.0 Å². The Bertz CT molecular complexity index is 834. The third-order valence-corrected chi connectivity index (χ3v) is 3.33. The molecule has 0 radical (unpaired) electrons. The Morgan fingerprint density at radius 2 is 2.00 bits per heavy atom. The normalized spacial score (nSPS) is 11.5. The number of hydrogen-bond acceptors (Lipinski definition) is 6. The molecule has 0 atom stereocenters. The molecule has 0 aliphatic carbocycles. The monoisotopic (exact) mass is 362 g/mol. The van der Waals surface area contributed by atoms with Crippen LogP contribution in [0.25, 0.3) is 5.76 Å². The maximum atomic E-state index is 13.4. The molecule has 0 spiro atoms. The predicted octanol–water partition coefficient (Wildman–Crippen LogP) is 3.44. The van der Waals surface area contributed by atoms with E-state index >= 15 is 0 Å². The fraction of sp³-hybridized carbons (Fsp3) is 0.263. The molecule has 0 unspecified atom stereocenters. The predicted molar refractivity (Wildman–Crippen MR) is 91.3 cm³/mol. The summed E-state index contributed by atoms with van der Waals surface area (Å²) in [5.74, 6) is -2.12. The van der Waals surface area contributed by atoms with Crippen molar-refractivity contribution in [2.75, 3.05) is 7.11 Å². The van der Waals surface area contributed by atoms with Gasteiger partial charge in [0.1, 0.15) is 17.3 Å². The maximum Gasteiger partial charge on any atom is 0.378 e. The fourth-order valence-electron chi connectivity index (χ4n) is 2.19. The third-order valence-electron chi connectivity index (χ3n) is 3.33. The third kappa shape index (κ3) is 4.95. The van der Waals surface area contributed by atoms with E-state index in [0.717, 1.165) is 13.2 Å². The van der Waals surface area contributed by atoms with Crippen LogP contribution < -0.4 is 4.74 Å². The van der Waals surface area contributed by atoms with E-state index in [1.165, 1.54) is 18.2 Å². The van der Waals surface area contributed by atoms with Gasteiger partial charge in [0.2, 0.25) is 0 Å². The second-order valence-corrected chi connectivity index (χ2v) is 5.75. The molecule has 0 aliphatic rings. The number of esters is 1. The van der Waals surface area contributed by atoms with Gasteiger partial charge >= 0.3 is 5.97 Å². The second-order valence-electron chi connectivity index (χ2n) is 5.75. The Hall–Kier alpha value is -3.09. The summed E-state index contributed by atoms with van der Waals surface area (Å²) in [4.78, 5) is 22.5. The van der Waals surface area contributed by atoms with E-state index in [4.69, 9.17) is 9.15 Å². The average Bonchev–Trinajstić information content (AvgIpc) is 3.04. The van der Waals surface area contributed by atoms with Gasteiger partial charge in [-0.25, -0.2) is 9.18 Å². The van der Waals surface area contributed by atoms with E-state index in [9.17, 15) is 19.1 Å². The zero-order valence-corrected chi connectivity index (χ0v) is 14.6. The van der Waals surface area contributed by atoms with Gasteiger partial charge in [-0.3, -0.25) is 4.79 Å². The number of carbonyl (C=O) groups is 2. The molecule has 1 N–H and O–H groups in total. The van der Waals surface area contributed by atoms with E-state index in [1.807, 2.05) is 13.8 Å². The summed E-state index contributed by atoms with van der Waals surface area (Å²) < 4.78 is 28.8. The van der Waals surface area contributed by atoms with Crippen LogP contribution in [0.5, 0.6) is 5.75 Å². The highest BCUT2D eigenvalue weighted by atomic mass is 19.1. The van der Waals surface area contributed by atoms with Gasteiger partial charge in [-0.2, -0.15) is 0 Å². The van der Waals surface area contributed by atoms with Crippen LogP contribution in [0.3, 0.4) is 0 Å². The van der Waals surface area contributed by atoms with Crippen LogP contribution in [-0.4, -0.2) is 30.1 Å². The van der Waals surface area contributed by atoms with E-state index < -0.39 is 23.3 Å². The molecule has 0 amide bonds. The Morgan fingerprint density at radius 3 is 2.65 bits per heavy atom. The molecule has 6 nitrogen and oxygen atoms in total. The van der Waals surface area contributed by atoms with E-state index in [1.54, 1.807) is 12.1 Å². The minimum Gasteiger partial charge on any atom is -0.504 e. The molecule has 0 saturated carbocycles. The van der Waals surface area contributed by atoms with Gasteiger partial charge in [0.15, 0.2) is 11.5 Å². The largest absolute Gasteiger partial charge is 0.504 e. The van der Waals surface area contributed by atoms with Gasteiger partial charge in [-0.05, 0) is 32.0 Å². The fourth-order valence-corrected chi connectivity index (χ4v) is 2.19. The van der Waals surface area contributed by atoms with Crippen molar-refractivity contribution in [2.24, 2.45) is 0 Å². The molecule has 2 aromatic rings. The summed E-state index contributed by atoms with van der Waals surface area (Å²) in [6.07, 6.45) is 0.888. The number of hydrogen-bond donors (Lipinski definition) is 1.